The van der Waals surface area contributed by atoms with Crippen molar-refractivity contribution in [1.29, 1.82) is 0 Å². The van der Waals surface area contributed by atoms with Crippen molar-refractivity contribution in [2.45, 2.75) is 38.3 Å². The molecule has 0 bridgehead atoms. The maximum Gasteiger partial charge on any atom is 0.287 e. The molecule has 27 heavy (non-hydrogen) atoms. The van der Waals surface area contributed by atoms with Crippen LogP contribution in [-0.2, 0) is 13.1 Å². The van der Waals surface area contributed by atoms with E-state index in [4.69, 9.17) is 16.1 Å². The van der Waals surface area contributed by atoms with Gasteiger partial charge in [0.25, 0.3) is 12.0 Å². The number of alkyl halides is 2. The molecule has 1 saturated carbocycles. The molecular formula is C17H20ClF2N5O2. The van der Waals surface area contributed by atoms with Gasteiger partial charge in [-0.1, -0.05) is 16.8 Å². The SMILES string of the molecule is O=c1c(Cl)c(N2CCN(Cc3cc(C4CC4)on3)CC2)cnn1CC(F)F. The zero-order valence-electron chi connectivity index (χ0n) is 14.7. The molecule has 10 heteroatoms. The van der Waals surface area contributed by atoms with E-state index in [1.165, 1.54) is 19.0 Å². The summed E-state index contributed by atoms with van der Waals surface area (Å²) in [6.07, 6.45) is 1.09. The average Bonchev–Trinajstić information content (AvgIpc) is 3.39. The molecule has 7 nitrogen and oxygen atoms in total. The van der Waals surface area contributed by atoms with Crippen molar-refractivity contribution in [3.8, 4) is 0 Å². The summed E-state index contributed by atoms with van der Waals surface area (Å²) >= 11 is 6.12. The molecule has 0 radical (unpaired) electrons. The number of anilines is 1. The average molecular weight is 400 g/mol. The largest absolute Gasteiger partial charge is 0.366 e. The van der Waals surface area contributed by atoms with E-state index in [2.05, 4.69) is 15.2 Å². The molecule has 4 rings (SSSR count). The highest BCUT2D eigenvalue weighted by Crippen LogP contribution is 2.40. The first-order chi connectivity index (χ1) is 13.0. The van der Waals surface area contributed by atoms with Gasteiger partial charge in [-0.05, 0) is 12.8 Å². The summed E-state index contributed by atoms with van der Waals surface area (Å²) in [5, 5.41) is 7.90. The Morgan fingerprint density at radius 1 is 1.26 bits per heavy atom. The Kier molecular flexibility index (Phi) is 5.14. The molecule has 1 aliphatic heterocycles. The summed E-state index contributed by atoms with van der Waals surface area (Å²) in [6.45, 7) is 2.81. The summed E-state index contributed by atoms with van der Waals surface area (Å²) in [6, 6.07) is 2.04. The third-order valence-electron chi connectivity index (χ3n) is 4.93. The molecule has 0 N–H and O–H groups in total. The van der Waals surface area contributed by atoms with Gasteiger partial charge in [-0.25, -0.2) is 13.5 Å². The van der Waals surface area contributed by atoms with Gasteiger partial charge >= 0.3 is 0 Å². The number of halogens is 3. The van der Waals surface area contributed by atoms with Gasteiger partial charge < -0.3 is 9.42 Å². The monoisotopic (exact) mass is 399 g/mol. The molecule has 0 spiro atoms. The van der Waals surface area contributed by atoms with E-state index in [-0.39, 0.29) is 5.02 Å². The van der Waals surface area contributed by atoms with Gasteiger partial charge in [0, 0.05) is 44.7 Å². The predicted molar refractivity (Wildman–Crippen MR) is 95.5 cm³/mol. The first-order valence-corrected chi connectivity index (χ1v) is 9.35. The molecule has 0 aromatic carbocycles. The number of hydrogen-bond acceptors (Lipinski definition) is 6. The minimum absolute atomic E-state index is 0.0651. The lowest BCUT2D eigenvalue weighted by Crippen LogP contribution is -2.46. The molecule has 2 aromatic rings. The van der Waals surface area contributed by atoms with E-state index in [0.717, 1.165) is 24.5 Å². The number of hydrogen-bond donors (Lipinski definition) is 0. The summed E-state index contributed by atoms with van der Waals surface area (Å²) in [5.74, 6) is 1.52. The molecule has 0 amide bonds. The molecule has 0 unspecified atom stereocenters. The Hall–Kier alpha value is -2.00. The van der Waals surface area contributed by atoms with E-state index in [1.807, 2.05) is 11.0 Å². The van der Waals surface area contributed by atoms with E-state index >= 15 is 0 Å². The van der Waals surface area contributed by atoms with Crippen LogP contribution in [0.5, 0.6) is 0 Å². The Morgan fingerprint density at radius 3 is 2.67 bits per heavy atom. The molecule has 1 aliphatic carbocycles. The molecule has 146 valence electrons. The van der Waals surface area contributed by atoms with Crippen LogP contribution in [0.4, 0.5) is 14.5 Å². The number of piperazine rings is 1. The lowest BCUT2D eigenvalue weighted by Gasteiger charge is -2.35. The van der Waals surface area contributed by atoms with Gasteiger partial charge in [-0.15, -0.1) is 0 Å². The number of rotatable bonds is 6. The third-order valence-corrected chi connectivity index (χ3v) is 5.29. The van der Waals surface area contributed by atoms with Crippen molar-refractivity contribution in [3.63, 3.8) is 0 Å². The minimum Gasteiger partial charge on any atom is -0.366 e. The van der Waals surface area contributed by atoms with Crippen LogP contribution in [0.25, 0.3) is 0 Å². The Bertz CT molecular complexity index is 859. The molecule has 0 atom stereocenters. The highest BCUT2D eigenvalue weighted by atomic mass is 35.5. The van der Waals surface area contributed by atoms with Crippen molar-refractivity contribution in [1.82, 2.24) is 19.8 Å². The van der Waals surface area contributed by atoms with Crippen molar-refractivity contribution < 1.29 is 13.3 Å². The van der Waals surface area contributed by atoms with Crippen LogP contribution in [0.3, 0.4) is 0 Å². The lowest BCUT2D eigenvalue weighted by atomic mass is 10.2. The standard InChI is InChI=1S/C17H20ClF2N5O2/c18-16-13(8-21-25(17(16)26)10-15(19)20)24-5-3-23(4-6-24)9-12-7-14(27-22-12)11-1-2-11/h7-8,11,15H,1-6,9-10H2. The van der Waals surface area contributed by atoms with Crippen molar-refractivity contribution in [2.75, 3.05) is 31.1 Å². The highest BCUT2D eigenvalue weighted by molar-refractivity contribution is 6.33. The van der Waals surface area contributed by atoms with E-state index in [0.29, 0.717) is 35.9 Å². The number of nitrogens with zero attached hydrogens (tertiary/aromatic N) is 5. The van der Waals surface area contributed by atoms with Gasteiger partial charge in [0.05, 0.1) is 17.6 Å². The third kappa shape index (κ3) is 4.14. The first kappa shape index (κ1) is 18.4. The van der Waals surface area contributed by atoms with Gasteiger partial charge in [-0.3, -0.25) is 9.69 Å². The molecule has 2 aliphatic rings. The second-order valence-electron chi connectivity index (χ2n) is 6.98. The van der Waals surface area contributed by atoms with E-state index < -0.39 is 18.5 Å². The lowest BCUT2D eigenvalue weighted by molar-refractivity contribution is 0.119. The maximum absolute atomic E-state index is 12.5. The van der Waals surface area contributed by atoms with Crippen LogP contribution in [-0.4, -0.2) is 52.4 Å². The Balaban J connectivity index is 1.37. The second kappa shape index (κ2) is 7.55. The Morgan fingerprint density at radius 2 is 2.00 bits per heavy atom. The zero-order valence-corrected chi connectivity index (χ0v) is 15.4. The summed E-state index contributed by atoms with van der Waals surface area (Å²) in [5.41, 5.74) is 0.732. The molecule has 1 saturated heterocycles. The smallest absolute Gasteiger partial charge is 0.287 e. The molecule has 2 aromatic heterocycles. The van der Waals surface area contributed by atoms with Crippen LogP contribution >= 0.6 is 11.6 Å². The fraction of sp³-hybridized carbons (Fsp3) is 0.588. The van der Waals surface area contributed by atoms with Gasteiger partial charge in [0.1, 0.15) is 17.3 Å². The minimum atomic E-state index is -2.65. The van der Waals surface area contributed by atoms with Crippen LogP contribution < -0.4 is 10.5 Å². The molecule has 3 heterocycles. The van der Waals surface area contributed by atoms with Crippen LogP contribution in [0, 0.1) is 0 Å². The fourth-order valence-corrected chi connectivity index (χ4v) is 3.54. The number of aromatic nitrogens is 3. The predicted octanol–water partition coefficient (Wildman–Crippen LogP) is 2.35. The zero-order chi connectivity index (χ0) is 19.0. The van der Waals surface area contributed by atoms with Gasteiger partial charge in [-0.2, -0.15) is 5.10 Å². The molecular weight excluding hydrogens is 380 g/mol. The fourth-order valence-electron chi connectivity index (χ4n) is 3.28. The normalized spacial score (nSPS) is 18.4. The van der Waals surface area contributed by atoms with Crippen LogP contribution in [0.1, 0.15) is 30.2 Å². The quantitative estimate of drug-likeness (QED) is 0.742. The maximum atomic E-state index is 12.5. The van der Waals surface area contributed by atoms with E-state index in [1.54, 1.807) is 0 Å². The van der Waals surface area contributed by atoms with Crippen LogP contribution in [0.15, 0.2) is 21.6 Å². The molecule has 2 fully saturated rings. The topological polar surface area (TPSA) is 67.4 Å². The highest BCUT2D eigenvalue weighted by Gasteiger charge is 2.28. The van der Waals surface area contributed by atoms with Gasteiger partial charge in [0.2, 0.25) is 0 Å². The van der Waals surface area contributed by atoms with Crippen molar-refractivity contribution >= 4 is 17.3 Å². The van der Waals surface area contributed by atoms with E-state index in [9.17, 15) is 13.6 Å². The van der Waals surface area contributed by atoms with Gasteiger partial charge in [0.15, 0.2) is 0 Å². The summed E-state index contributed by atoms with van der Waals surface area (Å²) in [4.78, 5) is 16.3. The first-order valence-electron chi connectivity index (χ1n) is 8.98. The van der Waals surface area contributed by atoms with Crippen LogP contribution in [0.2, 0.25) is 5.02 Å². The second-order valence-corrected chi connectivity index (χ2v) is 7.36. The summed E-state index contributed by atoms with van der Waals surface area (Å²) < 4.78 is 31.1. The summed E-state index contributed by atoms with van der Waals surface area (Å²) in [7, 11) is 0. The van der Waals surface area contributed by atoms with Crippen molar-refractivity contribution in [3.05, 3.63) is 39.1 Å². The Labute approximate surface area is 159 Å². The van der Waals surface area contributed by atoms with Crippen molar-refractivity contribution in [2.24, 2.45) is 0 Å².